The highest BCUT2D eigenvalue weighted by Crippen LogP contribution is 2.42. The summed E-state index contributed by atoms with van der Waals surface area (Å²) in [6.45, 7) is 2.69. The maximum absolute atomic E-state index is 10.8. The molecular weight excluding hydrogens is 330 g/mol. The van der Waals surface area contributed by atoms with Gasteiger partial charge in [0.05, 0.1) is 6.61 Å². The number of carbonyl (C=O) groups excluding carboxylic acids is 1. The van der Waals surface area contributed by atoms with Crippen LogP contribution in [0.4, 0.5) is 4.79 Å². The van der Waals surface area contributed by atoms with Crippen molar-refractivity contribution in [3.63, 3.8) is 0 Å². The maximum atomic E-state index is 10.8. The summed E-state index contributed by atoms with van der Waals surface area (Å²) in [6, 6.07) is 13.5. The summed E-state index contributed by atoms with van der Waals surface area (Å²) in [5, 5.41) is 0. The van der Waals surface area contributed by atoms with Gasteiger partial charge in [-0.15, -0.1) is 11.3 Å². The van der Waals surface area contributed by atoms with E-state index in [0.717, 1.165) is 12.8 Å². The van der Waals surface area contributed by atoms with Crippen molar-refractivity contribution >= 4 is 17.4 Å². The third-order valence-corrected chi connectivity index (χ3v) is 6.39. The number of thiophene rings is 1. The maximum Gasteiger partial charge on any atom is 0.404 e. The first-order valence-corrected chi connectivity index (χ1v) is 10.1. The second kappa shape index (κ2) is 8.52. The molecule has 4 heteroatoms. The van der Waals surface area contributed by atoms with E-state index in [4.69, 9.17) is 10.5 Å². The number of hydrogen-bond donors (Lipinski definition) is 1. The fourth-order valence-corrected chi connectivity index (χ4v) is 4.79. The second-order valence-electron chi connectivity index (χ2n) is 7.01. The predicted molar refractivity (Wildman–Crippen MR) is 104 cm³/mol. The van der Waals surface area contributed by atoms with Gasteiger partial charge >= 0.3 is 6.09 Å². The van der Waals surface area contributed by atoms with E-state index in [0.29, 0.717) is 18.4 Å². The van der Waals surface area contributed by atoms with Crippen molar-refractivity contribution in [1.82, 2.24) is 0 Å². The van der Waals surface area contributed by atoms with Crippen molar-refractivity contribution in [1.29, 1.82) is 0 Å². The van der Waals surface area contributed by atoms with Crippen molar-refractivity contribution in [2.75, 3.05) is 6.61 Å². The van der Waals surface area contributed by atoms with Gasteiger partial charge in [-0.25, -0.2) is 4.79 Å². The molecule has 1 aromatic heterocycles. The molecule has 3 nitrogen and oxygen atoms in total. The van der Waals surface area contributed by atoms with Crippen LogP contribution in [0, 0.1) is 5.92 Å². The lowest BCUT2D eigenvalue weighted by Crippen LogP contribution is -2.17. The lowest BCUT2D eigenvalue weighted by atomic mass is 10.0. The lowest BCUT2D eigenvalue weighted by molar-refractivity contribution is 0.137. The summed E-state index contributed by atoms with van der Waals surface area (Å²) >= 11 is 1.90. The van der Waals surface area contributed by atoms with Crippen molar-refractivity contribution in [2.45, 2.75) is 51.4 Å². The summed E-state index contributed by atoms with van der Waals surface area (Å²) in [4.78, 5) is 13.5. The molecule has 2 N–H and O–H groups in total. The zero-order valence-electron chi connectivity index (χ0n) is 14.9. The average Bonchev–Trinajstić information content (AvgIpc) is 3.27. The monoisotopic (exact) mass is 357 g/mol. The van der Waals surface area contributed by atoms with Crippen LogP contribution in [0.3, 0.4) is 0 Å². The molecule has 0 saturated heterocycles. The number of hydrogen-bond acceptors (Lipinski definition) is 3. The Morgan fingerprint density at radius 2 is 2.00 bits per heavy atom. The van der Waals surface area contributed by atoms with Crippen molar-refractivity contribution in [2.24, 2.45) is 11.7 Å². The fraction of sp³-hybridized carbons (Fsp3) is 0.476. The van der Waals surface area contributed by atoms with Crippen molar-refractivity contribution in [3.8, 4) is 10.4 Å². The molecule has 25 heavy (non-hydrogen) atoms. The number of primary amides is 1. The average molecular weight is 358 g/mol. The molecule has 1 aromatic carbocycles. The molecule has 1 saturated carbocycles. The summed E-state index contributed by atoms with van der Waals surface area (Å²) in [7, 11) is 0. The van der Waals surface area contributed by atoms with Crippen LogP contribution in [0.2, 0.25) is 0 Å². The number of nitrogens with two attached hydrogens (primary N) is 1. The SMILES string of the molecule is CCCCc1ccc(-c2ccc(C3CC[C@H](COC(N)=O)C3)s2)cc1. The number of amides is 1. The first-order chi connectivity index (χ1) is 12.2. The second-order valence-corrected chi connectivity index (χ2v) is 8.12. The van der Waals surface area contributed by atoms with E-state index in [9.17, 15) is 4.79 Å². The lowest BCUT2D eigenvalue weighted by Gasteiger charge is -2.09. The van der Waals surface area contributed by atoms with Crippen LogP contribution in [0.5, 0.6) is 0 Å². The number of benzene rings is 1. The van der Waals surface area contributed by atoms with E-state index in [1.165, 1.54) is 46.6 Å². The van der Waals surface area contributed by atoms with Crippen LogP contribution in [0.1, 0.15) is 55.4 Å². The molecule has 0 aliphatic heterocycles. The van der Waals surface area contributed by atoms with E-state index in [1.807, 2.05) is 11.3 Å². The molecule has 1 heterocycles. The van der Waals surface area contributed by atoms with Gasteiger partial charge in [0.2, 0.25) is 0 Å². The predicted octanol–water partition coefficient (Wildman–Crippen LogP) is 5.74. The van der Waals surface area contributed by atoms with Gasteiger partial charge in [0, 0.05) is 9.75 Å². The third kappa shape index (κ3) is 4.85. The Morgan fingerprint density at radius 3 is 2.72 bits per heavy atom. The number of unbranched alkanes of at least 4 members (excludes halogenated alkanes) is 1. The van der Waals surface area contributed by atoms with Crippen LogP contribution in [0.25, 0.3) is 10.4 Å². The molecule has 0 radical (unpaired) electrons. The molecule has 1 fully saturated rings. The number of rotatable bonds is 7. The first kappa shape index (κ1) is 18.0. The zero-order chi connectivity index (χ0) is 17.6. The standard InChI is InChI=1S/C21H27NO2S/c1-2-3-4-15-5-8-17(9-6-15)19-11-12-20(25-19)18-10-7-16(13-18)14-24-21(22)23/h5-6,8-9,11-12,16,18H,2-4,7,10,13-14H2,1H3,(H2,22,23)/t16-,18?/m0/s1. The van der Waals surface area contributed by atoms with E-state index in [1.54, 1.807) is 0 Å². The topological polar surface area (TPSA) is 52.3 Å². The van der Waals surface area contributed by atoms with Gasteiger partial charge < -0.3 is 10.5 Å². The Morgan fingerprint density at radius 1 is 1.20 bits per heavy atom. The van der Waals surface area contributed by atoms with Gasteiger partial charge in [-0.05, 0) is 67.2 Å². The van der Waals surface area contributed by atoms with Gasteiger partial charge in [0.25, 0.3) is 0 Å². The number of ether oxygens (including phenoxy) is 1. The molecule has 134 valence electrons. The minimum atomic E-state index is -0.663. The smallest absolute Gasteiger partial charge is 0.404 e. The van der Waals surface area contributed by atoms with E-state index in [-0.39, 0.29) is 0 Å². The summed E-state index contributed by atoms with van der Waals surface area (Å²) < 4.78 is 4.97. The van der Waals surface area contributed by atoms with Gasteiger partial charge in [-0.1, -0.05) is 37.6 Å². The van der Waals surface area contributed by atoms with E-state index in [2.05, 4.69) is 43.3 Å². The van der Waals surface area contributed by atoms with Crippen LogP contribution in [-0.2, 0) is 11.2 Å². The highest BCUT2D eigenvalue weighted by molar-refractivity contribution is 7.15. The molecule has 2 aromatic rings. The van der Waals surface area contributed by atoms with E-state index < -0.39 is 6.09 Å². The molecular formula is C21H27NO2S. The van der Waals surface area contributed by atoms with Crippen molar-refractivity contribution in [3.05, 3.63) is 46.8 Å². The van der Waals surface area contributed by atoms with Crippen LogP contribution in [-0.4, -0.2) is 12.7 Å². The Balaban J connectivity index is 1.60. The van der Waals surface area contributed by atoms with Gasteiger partial charge in [0.15, 0.2) is 0 Å². The van der Waals surface area contributed by atoms with E-state index >= 15 is 0 Å². The molecule has 1 aliphatic carbocycles. The van der Waals surface area contributed by atoms with Crippen LogP contribution < -0.4 is 5.73 Å². The highest BCUT2D eigenvalue weighted by atomic mass is 32.1. The molecule has 2 atom stereocenters. The molecule has 1 amide bonds. The highest BCUT2D eigenvalue weighted by Gasteiger charge is 2.27. The van der Waals surface area contributed by atoms with Crippen LogP contribution >= 0.6 is 11.3 Å². The summed E-state index contributed by atoms with van der Waals surface area (Å²) in [5.74, 6) is 1.03. The molecule has 0 bridgehead atoms. The van der Waals surface area contributed by atoms with Gasteiger partial charge in [-0.3, -0.25) is 0 Å². The minimum Gasteiger partial charge on any atom is -0.449 e. The zero-order valence-corrected chi connectivity index (χ0v) is 15.7. The third-order valence-electron chi connectivity index (χ3n) is 5.09. The summed E-state index contributed by atoms with van der Waals surface area (Å²) in [6.07, 6.45) is 6.37. The number of aryl methyl sites for hydroxylation is 1. The molecule has 1 aliphatic rings. The quantitative estimate of drug-likeness (QED) is 0.687. The largest absolute Gasteiger partial charge is 0.449 e. The molecule has 1 unspecified atom stereocenters. The Kier molecular flexibility index (Phi) is 6.14. The Labute approximate surface area is 154 Å². The number of carbonyl (C=O) groups is 1. The molecule has 3 rings (SSSR count). The minimum absolute atomic E-state index is 0.445. The Bertz CT molecular complexity index is 692. The molecule has 0 spiro atoms. The van der Waals surface area contributed by atoms with Gasteiger partial charge in [-0.2, -0.15) is 0 Å². The fourth-order valence-electron chi connectivity index (χ4n) is 3.63. The Hall–Kier alpha value is -1.81. The summed E-state index contributed by atoms with van der Waals surface area (Å²) in [5.41, 5.74) is 7.80. The van der Waals surface area contributed by atoms with Crippen molar-refractivity contribution < 1.29 is 9.53 Å². The normalized spacial score (nSPS) is 19.9. The van der Waals surface area contributed by atoms with Crippen LogP contribution in [0.15, 0.2) is 36.4 Å². The first-order valence-electron chi connectivity index (χ1n) is 9.27. The van der Waals surface area contributed by atoms with Gasteiger partial charge in [0.1, 0.15) is 0 Å².